The van der Waals surface area contributed by atoms with Crippen molar-refractivity contribution in [1.82, 2.24) is 4.98 Å². The molecule has 0 bridgehead atoms. The second-order valence-corrected chi connectivity index (χ2v) is 4.56. The van der Waals surface area contributed by atoms with Crippen LogP contribution in [0.4, 0.5) is 6.01 Å². The molecule has 1 aromatic carbocycles. The molecule has 18 heavy (non-hydrogen) atoms. The van der Waals surface area contributed by atoms with Crippen LogP contribution in [0.3, 0.4) is 0 Å². The number of carbonyl (C=O) groups is 1. The van der Waals surface area contributed by atoms with Crippen molar-refractivity contribution in [3.63, 3.8) is 0 Å². The summed E-state index contributed by atoms with van der Waals surface area (Å²) in [6.45, 7) is 7.46. The minimum Gasteiger partial charge on any atom is -0.423 e. The maximum Gasteiger partial charge on any atom is 0.293 e. The summed E-state index contributed by atoms with van der Waals surface area (Å²) >= 11 is 0. The van der Waals surface area contributed by atoms with Gasteiger partial charge in [0, 0.05) is 12.5 Å². The van der Waals surface area contributed by atoms with Gasteiger partial charge in [0.15, 0.2) is 17.2 Å². The molecule has 0 radical (unpaired) electrons. The molecule has 0 saturated carbocycles. The van der Waals surface area contributed by atoms with Gasteiger partial charge in [-0.15, -0.1) is 0 Å². The maximum absolute atomic E-state index is 11.6. The molecule has 2 N–H and O–H groups in total. The van der Waals surface area contributed by atoms with Crippen LogP contribution in [-0.4, -0.2) is 10.8 Å². The first-order valence-electron chi connectivity index (χ1n) is 5.75. The van der Waals surface area contributed by atoms with Gasteiger partial charge in [0.25, 0.3) is 6.01 Å². The summed E-state index contributed by atoms with van der Waals surface area (Å²) in [5.41, 5.74) is 10.0. The van der Waals surface area contributed by atoms with Crippen LogP contribution in [0.15, 0.2) is 16.5 Å². The van der Waals surface area contributed by atoms with Crippen LogP contribution < -0.4 is 5.73 Å². The summed E-state index contributed by atoms with van der Waals surface area (Å²) in [6, 6.07) is 4.12. The van der Waals surface area contributed by atoms with Gasteiger partial charge < -0.3 is 10.2 Å². The number of hydrogen-bond acceptors (Lipinski definition) is 4. The first-order chi connectivity index (χ1) is 8.40. The van der Waals surface area contributed by atoms with Crippen molar-refractivity contribution in [3.8, 4) is 11.3 Å². The number of benzene rings is 1. The van der Waals surface area contributed by atoms with Crippen LogP contribution in [0.1, 0.15) is 34.1 Å². The van der Waals surface area contributed by atoms with E-state index in [2.05, 4.69) is 4.98 Å². The lowest BCUT2D eigenvalue weighted by atomic mass is 9.96. The summed E-state index contributed by atoms with van der Waals surface area (Å²) in [4.78, 5) is 15.5. The molecule has 0 aliphatic heterocycles. The van der Waals surface area contributed by atoms with Crippen molar-refractivity contribution in [3.05, 3.63) is 34.5 Å². The summed E-state index contributed by atoms with van der Waals surface area (Å²) < 4.78 is 5.41. The fraction of sp³-hybridized carbons (Fsp3) is 0.286. The lowest BCUT2D eigenvalue weighted by Crippen LogP contribution is -1.98. The molecule has 4 nitrogen and oxygen atoms in total. The van der Waals surface area contributed by atoms with Crippen LogP contribution in [0, 0.1) is 20.8 Å². The molecule has 94 valence electrons. The topological polar surface area (TPSA) is 69.1 Å². The fourth-order valence-electron chi connectivity index (χ4n) is 2.28. The molecule has 2 rings (SSSR count). The number of carbonyl (C=O) groups excluding carboxylic acids is 1. The molecule has 0 aliphatic rings. The van der Waals surface area contributed by atoms with E-state index in [1.165, 1.54) is 12.5 Å². The van der Waals surface area contributed by atoms with Crippen molar-refractivity contribution >= 4 is 11.8 Å². The number of oxazole rings is 1. The first-order valence-corrected chi connectivity index (χ1v) is 5.75. The van der Waals surface area contributed by atoms with Gasteiger partial charge in [-0.2, -0.15) is 4.98 Å². The Bertz CT molecular complexity index is 604. The van der Waals surface area contributed by atoms with Gasteiger partial charge in [-0.25, -0.2) is 0 Å². The molecule has 2 aromatic rings. The number of aryl methyl sites for hydroxylation is 3. The van der Waals surface area contributed by atoms with Crippen molar-refractivity contribution in [2.45, 2.75) is 27.7 Å². The van der Waals surface area contributed by atoms with E-state index in [1.54, 1.807) is 0 Å². The Hall–Kier alpha value is -2.10. The highest BCUT2D eigenvalue weighted by Gasteiger charge is 2.20. The monoisotopic (exact) mass is 244 g/mol. The third-order valence-electron chi connectivity index (χ3n) is 2.88. The lowest BCUT2D eigenvalue weighted by Gasteiger charge is -2.09. The van der Waals surface area contributed by atoms with Gasteiger partial charge in [-0.05, 0) is 31.9 Å². The first kappa shape index (κ1) is 12.4. The van der Waals surface area contributed by atoms with Crippen LogP contribution in [0.25, 0.3) is 11.3 Å². The summed E-state index contributed by atoms with van der Waals surface area (Å²) in [7, 11) is 0. The van der Waals surface area contributed by atoms with E-state index in [0.29, 0.717) is 11.5 Å². The largest absolute Gasteiger partial charge is 0.423 e. The van der Waals surface area contributed by atoms with Crippen LogP contribution in [0.2, 0.25) is 0 Å². The van der Waals surface area contributed by atoms with Gasteiger partial charge >= 0.3 is 0 Å². The van der Waals surface area contributed by atoms with E-state index in [9.17, 15) is 4.79 Å². The highest BCUT2D eigenvalue weighted by Crippen LogP contribution is 2.32. The molecule has 4 heteroatoms. The number of aromatic nitrogens is 1. The van der Waals surface area contributed by atoms with Crippen LogP contribution in [-0.2, 0) is 0 Å². The molecule has 1 aromatic heterocycles. The minimum atomic E-state index is -0.148. The molecular formula is C14H16N2O2. The number of ketones is 1. The van der Waals surface area contributed by atoms with Crippen LogP contribution >= 0.6 is 0 Å². The maximum atomic E-state index is 11.6. The average Bonchev–Trinajstić information content (AvgIpc) is 2.58. The van der Waals surface area contributed by atoms with Gasteiger partial charge in [-0.3, -0.25) is 4.79 Å². The Kier molecular flexibility index (Phi) is 2.95. The molecule has 1 heterocycles. The Labute approximate surface area is 106 Å². The molecule has 0 fully saturated rings. The lowest BCUT2D eigenvalue weighted by molar-refractivity contribution is 0.101. The van der Waals surface area contributed by atoms with E-state index >= 15 is 0 Å². The molecular weight excluding hydrogens is 228 g/mol. The Balaban J connectivity index is 2.73. The second-order valence-electron chi connectivity index (χ2n) is 4.56. The Morgan fingerprint density at radius 2 is 1.78 bits per heavy atom. The second kappa shape index (κ2) is 4.29. The third kappa shape index (κ3) is 2.01. The summed E-state index contributed by atoms with van der Waals surface area (Å²) in [5.74, 6) is 0.319. The standard InChI is InChI=1S/C14H16N2O2/c1-7-5-8(2)11(9(3)6-7)13-12(10(4)17)16-14(15)18-13/h5-6H,1-4H3,(H2,15,16). The zero-order chi connectivity index (χ0) is 13.4. The third-order valence-corrected chi connectivity index (χ3v) is 2.88. The van der Waals surface area contributed by atoms with E-state index in [1.807, 2.05) is 32.9 Å². The molecule has 0 amide bonds. The number of nitrogens with two attached hydrogens (primary N) is 1. The SMILES string of the molecule is CC(=O)c1nc(N)oc1-c1c(C)cc(C)cc1C. The van der Waals surface area contributed by atoms with E-state index in [4.69, 9.17) is 10.2 Å². The Morgan fingerprint density at radius 1 is 1.22 bits per heavy atom. The number of nitrogens with zero attached hydrogens (tertiary/aromatic N) is 1. The molecule has 0 saturated heterocycles. The fourth-order valence-corrected chi connectivity index (χ4v) is 2.28. The number of nitrogen functional groups attached to an aromatic ring is 1. The smallest absolute Gasteiger partial charge is 0.293 e. The average molecular weight is 244 g/mol. The number of hydrogen-bond donors (Lipinski definition) is 1. The minimum absolute atomic E-state index is 0.0228. The highest BCUT2D eigenvalue weighted by atomic mass is 16.4. The zero-order valence-electron chi connectivity index (χ0n) is 11.0. The van der Waals surface area contributed by atoms with Crippen molar-refractivity contribution in [2.75, 3.05) is 5.73 Å². The van der Waals surface area contributed by atoms with Crippen molar-refractivity contribution in [1.29, 1.82) is 0 Å². The number of rotatable bonds is 2. The van der Waals surface area contributed by atoms with Crippen molar-refractivity contribution in [2.24, 2.45) is 0 Å². The molecule has 0 spiro atoms. The summed E-state index contributed by atoms with van der Waals surface area (Å²) in [6.07, 6.45) is 0. The molecule has 0 aliphatic carbocycles. The van der Waals surface area contributed by atoms with Gasteiger partial charge in [-0.1, -0.05) is 17.7 Å². The van der Waals surface area contributed by atoms with Gasteiger partial charge in [0.1, 0.15) is 0 Å². The summed E-state index contributed by atoms with van der Waals surface area (Å²) in [5, 5.41) is 0. The van der Waals surface area contributed by atoms with E-state index in [0.717, 1.165) is 16.7 Å². The highest BCUT2D eigenvalue weighted by molar-refractivity contribution is 5.98. The quantitative estimate of drug-likeness (QED) is 0.824. The number of anilines is 1. The van der Waals surface area contributed by atoms with Gasteiger partial charge in [0.2, 0.25) is 0 Å². The van der Waals surface area contributed by atoms with E-state index < -0.39 is 0 Å². The van der Waals surface area contributed by atoms with E-state index in [-0.39, 0.29) is 11.8 Å². The molecule has 0 atom stereocenters. The normalized spacial score (nSPS) is 10.7. The zero-order valence-corrected chi connectivity index (χ0v) is 11.0. The van der Waals surface area contributed by atoms with Crippen molar-refractivity contribution < 1.29 is 9.21 Å². The van der Waals surface area contributed by atoms with Gasteiger partial charge in [0.05, 0.1) is 0 Å². The predicted octanol–water partition coefficient (Wildman–Crippen LogP) is 3.05. The van der Waals surface area contributed by atoms with Crippen LogP contribution in [0.5, 0.6) is 0 Å². The predicted molar refractivity (Wildman–Crippen MR) is 70.6 cm³/mol. The number of Topliss-reactive ketones (excluding diaryl/α,β-unsaturated/α-hetero) is 1. The Morgan fingerprint density at radius 3 is 2.28 bits per heavy atom. The molecule has 0 unspecified atom stereocenters.